The van der Waals surface area contributed by atoms with E-state index in [2.05, 4.69) is 41.3 Å². The van der Waals surface area contributed by atoms with Crippen LogP contribution in [0.4, 0.5) is 10.2 Å². The fourth-order valence-electron chi connectivity index (χ4n) is 4.27. The Kier molecular flexibility index (Phi) is 6.17. The molecular weight excluding hydrogens is 463 g/mol. The molecule has 4 heterocycles. The Bertz CT molecular complexity index is 1400. The molecule has 10 nitrogen and oxygen atoms in total. The number of aromatic nitrogens is 5. The molecule has 11 heteroatoms. The van der Waals surface area contributed by atoms with E-state index in [-0.39, 0.29) is 17.3 Å². The number of halogens is 1. The first-order valence-corrected chi connectivity index (χ1v) is 12.0. The summed E-state index contributed by atoms with van der Waals surface area (Å²) in [6.45, 7) is 9.25. The summed E-state index contributed by atoms with van der Waals surface area (Å²) in [6.07, 6.45) is 2.67. The zero-order valence-corrected chi connectivity index (χ0v) is 20.6. The second-order valence-corrected chi connectivity index (χ2v) is 10.1. The Hall–Kier alpha value is -3.86. The van der Waals surface area contributed by atoms with Crippen LogP contribution in [-0.2, 0) is 5.41 Å². The largest absolute Gasteiger partial charge is 0.364 e. The van der Waals surface area contributed by atoms with Crippen LogP contribution < -0.4 is 16.0 Å². The zero-order valence-electron chi connectivity index (χ0n) is 20.6. The highest BCUT2D eigenvalue weighted by molar-refractivity contribution is 6.00. The van der Waals surface area contributed by atoms with Crippen LogP contribution in [0.5, 0.6) is 0 Å². The summed E-state index contributed by atoms with van der Waals surface area (Å²) in [5.74, 6) is 0.00206. The highest BCUT2D eigenvalue weighted by Crippen LogP contribution is 2.33. The van der Waals surface area contributed by atoms with E-state index in [0.717, 1.165) is 30.5 Å². The number of hydrogen-bond donors (Lipinski definition) is 4. The zero-order chi connectivity index (χ0) is 25.4. The van der Waals surface area contributed by atoms with Gasteiger partial charge in [-0.25, -0.2) is 9.37 Å². The predicted octanol–water partition coefficient (Wildman–Crippen LogP) is 3.71. The number of nitrogens with one attached hydrogen (secondary N) is 4. The maximum Gasteiger partial charge on any atom is 0.293 e. The molecule has 36 heavy (non-hydrogen) atoms. The van der Waals surface area contributed by atoms with Crippen LogP contribution in [-0.4, -0.2) is 50.4 Å². The van der Waals surface area contributed by atoms with E-state index >= 15 is 4.39 Å². The average Bonchev–Trinajstić information content (AvgIpc) is 3.60. The van der Waals surface area contributed by atoms with Gasteiger partial charge >= 0.3 is 0 Å². The summed E-state index contributed by atoms with van der Waals surface area (Å²) >= 11 is 0. The molecule has 1 saturated heterocycles. The summed E-state index contributed by atoms with van der Waals surface area (Å²) in [5.41, 5.74) is 2.09. The van der Waals surface area contributed by atoms with Crippen molar-refractivity contribution >= 4 is 22.8 Å². The Morgan fingerprint density at radius 1 is 1.28 bits per heavy atom. The molecule has 1 aliphatic rings. The topological polar surface area (TPSA) is 134 Å². The molecule has 4 aromatic rings. The van der Waals surface area contributed by atoms with Gasteiger partial charge in [-0.05, 0) is 43.1 Å². The second-order valence-electron chi connectivity index (χ2n) is 10.1. The monoisotopic (exact) mass is 492 g/mol. The number of hydrogen-bond acceptors (Lipinski definition) is 8. The van der Waals surface area contributed by atoms with Gasteiger partial charge in [0.15, 0.2) is 11.5 Å². The second kappa shape index (κ2) is 9.30. The lowest BCUT2D eigenvalue weighted by molar-refractivity contribution is 0.0925. The van der Waals surface area contributed by atoms with Crippen molar-refractivity contribution in [2.75, 3.05) is 18.4 Å². The number of H-pyrrole nitrogens is 1. The normalized spacial score (nSPS) is 16.9. The highest BCUT2D eigenvalue weighted by Gasteiger charge is 2.26. The molecule has 1 aliphatic heterocycles. The summed E-state index contributed by atoms with van der Waals surface area (Å²) in [7, 11) is 0. The van der Waals surface area contributed by atoms with Crippen LogP contribution in [0.25, 0.3) is 22.2 Å². The van der Waals surface area contributed by atoms with Gasteiger partial charge in [-0.2, -0.15) is 10.1 Å². The molecule has 1 aromatic carbocycles. The van der Waals surface area contributed by atoms with E-state index in [1.54, 1.807) is 19.2 Å². The van der Waals surface area contributed by atoms with Gasteiger partial charge in [0.05, 0.1) is 11.4 Å². The van der Waals surface area contributed by atoms with Gasteiger partial charge in [-0.1, -0.05) is 38.1 Å². The molecule has 4 N–H and O–H groups in total. The Labute approximate surface area is 207 Å². The molecule has 5 rings (SSSR count). The van der Waals surface area contributed by atoms with Crippen molar-refractivity contribution in [3.8, 4) is 11.1 Å². The van der Waals surface area contributed by atoms with E-state index in [0.29, 0.717) is 28.5 Å². The fourth-order valence-corrected chi connectivity index (χ4v) is 4.27. The first kappa shape index (κ1) is 23.9. The lowest BCUT2D eigenvalue weighted by atomic mass is 9.97. The van der Waals surface area contributed by atoms with Crippen molar-refractivity contribution in [1.29, 1.82) is 0 Å². The van der Waals surface area contributed by atoms with Gasteiger partial charge in [0.25, 0.3) is 11.7 Å². The number of benzene rings is 1. The minimum atomic E-state index is -0.610. The van der Waals surface area contributed by atoms with E-state index in [1.807, 2.05) is 32.9 Å². The van der Waals surface area contributed by atoms with Crippen LogP contribution in [0.3, 0.4) is 0 Å². The quantitative estimate of drug-likeness (QED) is 0.320. The van der Waals surface area contributed by atoms with Gasteiger partial charge in [-0.3, -0.25) is 9.89 Å². The summed E-state index contributed by atoms with van der Waals surface area (Å²) in [6, 6.07) is 6.47. The Morgan fingerprint density at radius 2 is 2.11 bits per heavy atom. The summed E-state index contributed by atoms with van der Waals surface area (Å²) in [5, 5.41) is 21.5. The van der Waals surface area contributed by atoms with Crippen LogP contribution in [0, 0.1) is 5.82 Å². The van der Waals surface area contributed by atoms with Crippen LogP contribution >= 0.6 is 0 Å². The first-order chi connectivity index (χ1) is 17.2. The molecule has 2 atom stereocenters. The maximum atomic E-state index is 15.3. The van der Waals surface area contributed by atoms with Gasteiger partial charge in [0.2, 0.25) is 5.89 Å². The highest BCUT2D eigenvalue weighted by atomic mass is 19.1. The van der Waals surface area contributed by atoms with E-state index in [1.165, 1.54) is 6.07 Å². The summed E-state index contributed by atoms with van der Waals surface area (Å²) in [4.78, 5) is 21.2. The van der Waals surface area contributed by atoms with Crippen molar-refractivity contribution in [3.05, 3.63) is 53.6 Å². The minimum Gasteiger partial charge on any atom is -0.364 e. The number of fused-ring (bicyclic) bond motifs is 1. The molecule has 0 aliphatic carbocycles. The van der Waals surface area contributed by atoms with Crippen molar-refractivity contribution in [1.82, 2.24) is 36.0 Å². The lowest BCUT2D eigenvalue weighted by Gasteiger charge is -2.16. The SMILES string of the molecule is CC(NC(=O)c1noc(C(C)(C)C)n1)c1ccc(-c2ccnc3[nH]nc(N[C@@H]4CCNC4)c23)cc1F. The maximum absolute atomic E-state index is 15.3. The molecule has 0 bridgehead atoms. The standard InChI is InChI=1S/C25H29FN8O2/c1-13(29-23(35)22-31-24(36-34-22)25(2,3)4)16-6-5-14(11-18(16)26)17-8-10-28-20-19(17)21(33-32-20)30-15-7-9-27-12-15/h5-6,8,10-11,13,15,27H,7,9,12H2,1-4H3,(H,29,35)(H2,28,30,32,33)/t13?,15-/m1/s1. The molecule has 1 unspecified atom stereocenters. The molecule has 3 aromatic heterocycles. The fraction of sp³-hybridized carbons (Fsp3) is 0.400. The van der Waals surface area contributed by atoms with E-state index in [9.17, 15) is 4.79 Å². The molecule has 1 amide bonds. The minimum absolute atomic E-state index is 0.0829. The molecule has 188 valence electrons. The molecule has 0 saturated carbocycles. The predicted molar refractivity (Wildman–Crippen MR) is 133 cm³/mol. The molecule has 0 radical (unpaired) electrons. The smallest absolute Gasteiger partial charge is 0.293 e. The third-order valence-electron chi connectivity index (χ3n) is 6.26. The number of anilines is 1. The number of pyridine rings is 1. The third-order valence-corrected chi connectivity index (χ3v) is 6.26. The van der Waals surface area contributed by atoms with E-state index < -0.39 is 17.8 Å². The number of carbonyl (C=O) groups is 1. The van der Waals surface area contributed by atoms with Crippen molar-refractivity contribution in [2.45, 2.75) is 51.6 Å². The van der Waals surface area contributed by atoms with Gasteiger partial charge in [0, 0.05) is 29.8 Å². The van der Waals surface area contributed by atoms with Crippen LogP contribution in [0.15, 0.2) is 35.0 Å². The summed E-state index contributed by atoms with van der Waals surface area (Å²) < 4.78 is 20.5. The van der Waals surface area contributed by atoms with E-state index in [4.69, 9.17) is 4.52 Å². The number of amides is 1. The van der Waals surface area contributed by atoms with Crippen LogP contribution in [0.2, 0.25) is 0 Å². The van der Waals surface area contributed by atoms with Gasteiger partial charge in [0.1, 0.15) is 5.82 Å². The third kappa shape index (κ3) is 4.66. The first-order valence-electron chi connectivity index (χ1n) is 12.0. The number of rotatable bonds is 6. The van der Waals surface area contributed by atoms with Crippen molar-refractivity contribution in [3.63, 3.8) is 0 Å². The molecular formula is C25H29FN8O2. The number of aromatic amines is 1. The Balaban J connectivity index is 1.38. The van der Waals surface area contributed by atoms with Gasteiger partial charge < -0.3 is 20.5 Å². The van der Waals surface area contributed by atoms with Gasteiger partial charge in [-0.15, -0.1) is 0 Å². The van der Waals surface area contributed by atoms with Crippen molar-refractivity contribution < 1.29 is 13.7 Å². The molecule has 1 fully saturated rings. The van der Waals surface area contributed by atoms with Crippen molar-refractivity contribution in [2.24, 2.45) is 0 Å². The average molecular weight is 493 g/mol. The number of nitrogens with zero attached hydrogens (tertiary/aromatic N) is 4. The lowest BCUT2D eigenvalue weighted by Crippen LogP contribution is -2.28. The van der Waals surface area contributed by atoms with Crippen LogP contribution in [0.1, 0.15) is 62.2 Å². The Morgan fingerprint density at radius 3 is 2.81 bits per heavy atom. The molecule has 0 spiro atoms. The number of carbonyl (C=O) groups excluding carboxylic acids is 1.